The van der Waals surface area contributed by atoms with Crippen LogP contribution in [-0.2, 0) is 6.42 Å². The van der Waals surface area contributed by atoms with E-state index < -0.39 is 0 Å². The molecule has 0 fully saturated rings. The van der Waals surface area contributed by atoms with Gasteiger partial charge in [-0.3, -0.25) is 0 Å². The molecule has 24 heavy (non-hydrogen) atoms. The Morgan fingerprint density at radius 1 is 1.21 bits per heavy atom. The van der Waals surface area contributed by atoms with Crippen molar-refractivity contribution >= 4 is 5.65 Å². The summed E-state index contributed by atoms with van der Waals surface area (Å²) >= 11 is 0. The van der Waals surface area contributed by atoms with Gasteiger partial charge >= 0.3 is 0 Å². The Balaban J connectivity index is 2.01. The summed E-state index contributed by atoms with van der Waals surface area (Å²) in [6, 6.07) is 14.2. The topological polar surface area (TPSA) is 52.5 Å². The van der Waals surface area contributed by atoms with Crippen LogP contribution in [-0.4, -0.2) is 22.5 Å². The molecular formula is C20H23N3O. The van der Waals surface area contributed by atoms with Crippen LogP contribution in [0.1, 0.15) is 18.3 Å². The molecule has 0 bridgehead atoms. The van der Waals surface area contributed by atoms with Crippen LogP contribution in [0, 0.1) is 6.92 Å². The van der Waals surface area contributed by atoms with E-state index in [1.807, 2.05) is 43.3 Å². The summed E-state index contributed by atoms with van der Waals surface area (Å²) in [6.07, 6.45) is 0.787. The molecule has 0 radical (unpaired) electrons. The third-order valence-electron chi connectivity index (χ3n) is 3.93. The molecule has 1 aromatic carbocycles. The summed E-state index contributed by atoms with van der Waals surface area (Å²) < 4.78 is 7.86. The van der Waals surface area contributed by atoms with Crippen molar-refractivity contribution < 1.29 is 4.74 Å². The predicted octanol–water partition coefficient (Wildman–Crippen LogP) is 3.77. The molecule has 0 unspecified atom stereocenters. The van der Waals surface area contributed by atoms with Gasteiger partial charge in [0.1, 0.15) is 18.0 Å². The van der Waals surface area contributed by atoms with Crippen LogP contribution in [0.3, 0.4) is 0 Å². The Hall–Kier alpha value is -2.59. The van der Waals surface area contributed by atoms with Gasteiger partial charge < -0.3 is 14.9 Å². The number of nitrogens with zero attached hydrogens (tertiary/aromatic N) is 2. The molecule has 0 spiro atoms. The second-order valence-corrected chi connectivity index (χ2v) is 6.08. The van der Waals surface area contributed by atoms with Crippen LogP contribution in [0.2, 0.25) is 0 Å². The van der Waals surface area contributed by atoms with Crippen molar-refractivity contribution in [2.45, 2.75) is 20.3 Å². The number of pyridine rings is 1. The molecule has 0 saturated heterocycles. The maximum atomic E-state index is 5.83. The first-order valence-electron chi connectivity index (χ1n) is 8.15. The van der Waals surface area contributed by atoms with Crippen LogP contribution < -0.4 is 10.5 Å². The summed E-state index contributed by atoms with van der Waals surface area (Å²) in [5, 5.41) is 0. The number of hydrogen-bond donors (Lipinski definition) is 1. The lowest BCUT2D eigenvalue weighted by Gasteiger charge is -2.08. The zero-order valence-electron chi connectivity index (χ0n) is 14.2. The van der Waals surface area contributed by atoms with E-state index >= 15 is 0 Å². The third-order valence-corrected chi connectivity index (χ3v) is 3.93. The van der Waals surface area contributed by atoms with Gasteiger partial charge in [0.05, 0.1) is 11.4 Å². The van der Waals surface area contributed by atoms with Crippen LogP contribution in [0.15, 0.2) is 54.6 Å². The fourth-order valence-corrected chi connectivity index (χ4v) is 2.84. The molecule has 3 aromatic rings. The Morgan fingerprint density at radius 2 is 1.96 bits per heavy atom. The molecule has 0 aliphatic rings. The minimum absolute atomic E-state index is 0.533. The summed E-state index contributed by atoms with van der Waals surface area (Å²) in [7, 11) is 0. The molecule has 124 valence electrons. The van der Waals surface area contributed by atoms with Gasteiger partial charge in [0.2, 0.25) is 0 Å². The summed E-state index contributed by atoms with van der Waals surface area (Å²) in [5.41, 5.74) is 12.2. The third kappa shape index (κ3) is 3.19. The maximum Gasteiger partial charge on any atom is 0.137 e. The SMILES string of the molecule is C=C(C)COc1ccc(-c2nc3cccc(C)n3c2CCN)cc1. The van der Waals surface area contributed by atoms with Crippen molar-refractivity contribution in [2.24, 2.45) is 5.73 Å². The predicted molar refractivity (Wildman–Crippen MR) is 98.4 cm³/mol. The Labute approximate surface area is 142 Å². The zero-order valence-corrected chi connectivity index (χ0v) is 14.2. The Bertz CT molecular complexity index is 862. The number of ether oxygens (including phenoxy) is 1. The van der Waals surface area contributed by atoms with Crippen LogP contribution in [0.4, 0.5) is 0 Å². The van der Waals surface area contributed by atoms with E-state index in [4.69, 9.17) is 15.5 Å². The standard InChI is InChI=1S/C20H23N3O/c1-14(2)13-24-17-9-7-16(8-10-17)20-18(11-12-21)23-15(3)5-4-6-19(23)22-20/h4-10H,1,11-13,21H2,2-3H3. The maximum absolute atomic E-state index is 5.83. The molecule has 0 aliphatic heterocycles. The van der Waals surface area contributed by atoms with E-state index in [1.165, 1.54) is 0 Å². The van der Waals surface area contributed by atoms with Crippen molar-refractivity contribution in [3.8, 4) is 17.0 Å². The van der Waals surface area contributed by atoms with E-state index in [2.05, 4.69) is 24.0 Å². The second-order valence-electron chi connectivity index (χ2n) is 6.08. The number of aryl methyl sites for hydroxylation is 1. The fraction of sp³-hybridized carbons (Fsp3) is 0.250. The van der Waals surface area contributed by atoms with E-state index in [0.29, 0.717) is 13.2 Å². The Kier molecular flexibility index (Phi) is 4.67. The van der Waals surface area contributed by atoms with Crippen LogP contribution >= 0.6 is 0 Å². The Morgan fingerprint density at radius 3 is 2.62 bits per heavy atom. The number of aromatic nitrogens is 2. The smallest absolute Gasteiger partial charge is 0.137 e. The van der Waals surface area contributed by atoms with Crippen molar-refractivity contribution in [1.29, 1.82) is 0 Å². The van der Waals surface area contributed by atoms with Crippen molar-refractivity contribution in [3.63, 3.8) is 0 Å². The van der Waals surface area contributed by atoms with Gasteiger partial charge in [0, 0.05) is 17.7 Å². The molecule has 3 rings (SSSR count). The minimum atomic E-state index is 0.533. The van der Waals surface area contributed by atoms with Gasteiger partial charge in [-0.15, -0.1) is 0 Å². The minimum Gasteiger partial charge on any atom is -0.489 e. The second kappa shape index (κ2) is 6.89. The monoisotopic (exact) mass is 321 g/mol. The van der Waals surface area contributed by atoms with Crippen LogP contribution in [0.25, 0.3) is 16.9 Å². The molecule has 2 aromatic heterocycles. The first-order valence-corrected chi connectivity index (χ1v) is 8.15. The summed E-state index contributed by atoms with van der Waals surface area (Å²) in [4.78, 5) is 4.82. The highest BCUT2D eigenvalue weighted by Gasteiger charge is 2.14. The first-order chi connectivity index (χ1) is 11.6. The highest BCUT2D eigenvalue weighted by Crippen LogP contribution is 2.27. The van der Waals surface area contributed by atoms with Gasteiger partial charge in [0.15, 0.2) is 0 Å². The average Bonchev–Trinajstić information content (AvgIpc) is 2.94. The summed E-state index contributed by atoms with van der Waals surface area (Å²) in [6.45, 7) is 9.02. The lowest BCUT2D eigenvalue weighted by atomic mass is 10.1. The number of hydrogen-bond acceptors (Lipinski definition) is 3. The largest absolute Gasteiger partial charge is 0.489 e. The number of fused-ring (bicyclic) bond motifs is 1. The lowest BCUT2D eigenvalue weighted by Crippen LogP contribution is -2.07. The number of benzene rings is 1. The van der Waals surface area contributed by atoms with Gasteiger partial charge in [0.25, 0.3) is 0 Å². The van der Waals surface area contributed by atoms with Crippen molar-refractivity contribution in [3.05, 3.63) is 66.0 Å². The summed E-state index contributed by atoms with van der Waals surface area (Å²) in [5.74, 6) is 0.835. The first kappa shape index (κ1) is 16.3. The molecule has 4 nitrogen and oxygen atoms in total. The fourth-order valence-electron chi connectivity index (χ4n) is 2.84. The molecule has 0 saturated carbocycles. The van der Waals surface area contributed by atoms with Gasteiger partial charge in [-0.1, -0.05) is 12.6 Å². The normalized spacial score (nSPS) is 11.0. The lowest BCUT2D eigenvalue weighted by molar-refractivity contribution is 0.353. The number of imidazole rings is 1. The molecule has 0 aliphatic carbocycles. The number of nitrogens with two attached hydrogens (primary N) is 1. The van der Waals surface area contributed by atoms with Crippen molar-refractivity contribution in [2.75, 3.05) is 13.2 Å². The van der Waals surface area contributed by atoms with Crippen LogP contribution in [0.5, 0.6) is 5.75 Å². The zero-order chi connectivity index (χ0) is 17.1. The molecular weight excluding hydrogens is 298 g/mol. The molecule has 4 heteroatoms. The molecule has 2 heterocycles. The van der Waals surface area contributed by atoms with Gasteiger partial charge in [-0.2, -0.15) is 0 Å². The number of rotatable bonds is 6. The van der Waals surface area contributed by atoms with E-state index in [0.717, 1.165) is 46.0 Å². The molecule has 0 atom stereocenters. The van der Waals surface area contributed by atoms with Crippen molar-refractivity contribution in [1.82, 2.24) is 9.38 Å². The molecule has 0 amide bonds. The average molecular weight is 321 g/mol. The highest BCUT2D eigenvalue weighted by molar-refractivity contribution is 5.67. The van der Waals surface area contributed by atoms with Gasteiger partial charge in [-0.25, -0.2) is 4.98 Å². The van der Waals surface area contributed by atoms with Gasteiger partial charge in [-0.05, 0) is 62.4 Å². The van der Waals surface area contributed by atoms with E-state index in [-0.39, 0.29) is 0 Å². The quantitative estimate of drug-likeness (QED) is 0.703. The van der Waals surface area contributed by atoms with E-state index in [1.54, 1.807) is 0 Å². The van der Waals surface area contributed by atoms with E-state index in [9.17, 15) is 0 Å². The highest BCUT2D eigenvalue weighted by atomic mass is 16.5. The molecule has 2 N–H and O–H groups in total.